The Balaban J connectivity index is 2.17. The van der Waals surface area contributed by atoms with Crippen LogP contribution in [-0.2, 0) is 0 Å². The zero-order chi connectivity index (χ0) is 11.5. The zero-order valence-corrected chi connectivity index (χ0v) is 8.18. The average molecular weight is 219 g/mol. The van der Waals surface area contributed by atoms with Gasteiger partial charge in [-0.2, -0.15) is 5.10 Å². The van der Waals surface area contributed by atoms with Crippen LogP contribution < -0.4 is 11.1 Å². The van der Waals surface area contributed by atoms with Crippen LogP contribution >= 0.6 is 0 Å². The van der Waals surface area contributed by atoms with Crippen LogP contribution in [-0.4, -0.2) is 15.1 Å². The highest BCUT2D eigenvalue weighted by atomic mass is 16.6. The Kier molecular flexibility index (Phi) is 2.42. The number of hydrogen-bond donors (Lipinski definition) is 3. The second kappa shape index (κ2) is 3.89. The largest absolute Gasteiger partial charge is 0.382 e. The molecule has 0 spiro atoms. The monoisotopic (exact) mass is 219 g/mol. The molecule has 0 unspecified atom stereocenters. The first-order chi connectivity index (χ1) is 7.66. The minimum atomic E-state index is -0.448. The Morgan fingerprint density at radius 1 is 1.38 bits per heavy atom. The molecule has 1 heterocycles. The van der Waals surface area contributed by atoms with Crippen LogP contribution in [0.4, 0.5) is 22.9 Å². The molecule has 2 aromatic rings. The number of nitro benzene ring substituents is 1. The molecule has 16 heavy (non-hydrogen) atoms. The molecule has 0 radical (unpaired) electrons. The van der Waals surface area contributed by atoms with Crippen molar-refractivity contribution in [1.29, 1.82) is 0 Å². The van der Waals surface area contributed by atoms with Crippen molar-refractivity contribution in [2.24, 2.45) is 0 Å². The van der Waals surface area contributed by atoms with Gasteiger partial charge in [-0.15, -0.1) is 0 Å². The number of hydrogen-bond acceptors (Lipinski definition) is 5. The quantitative estimate of drug-likeness (QED) is 0.537. The third-order valence-corrected chi connectivity index (χ3v) is 2.03. The lowest BCUT2D eigenvalue weighted by molar-refractivity contribution is -0.384. The third kappa shape index (κ3) is 1.92. The molecule has 0 bridgehead atoms. The highest BCUT2D eigenvalue weighted by molar-refractivity contribution is 5.69. The third-order valence-electron chi connectivity index (χ3n) is 2.03. The molecule has 4 N–H and O–H groups in total. The molecule has 0 aliphatic carbocycles. The van der Waals surface area contributed by atoms with Gasteiger partial charge < -0.3 is 11.1 Å². The smallest absolute Gasteiger partial charge is 0.269 e. The van der Waals surface area contributed by atoms with E-state index in [2.05, 4.69) is 15.5 Å². The van der Waals surface area contributed by atoms with Crippen LogP contribution in [0, 0.1) is 10.1 Å². The van der Waals surface area contributed by atoms with E-state index in [1.165, 1.54) is 18.3 Å². The Labute approximate surface area is 90.4 Å². The van der Waals surface area contributed by atoms with Gasteiger partial charge in [0.1, 0.15) is 11.5 Å². The van der Waals surface area contributed by atoms with E-state index >= 15 is 0 Å². The minimum absolute atomic E-state index is 0.0470. The summed E-state index contributed by atoms with van der Waals surface area (Å²) in [6.45, 7) is 0. The van der Waals surface area contributed by atoms with Crippen molar-refractivity contribution in [2.45, 2.75) is 0 Å². The zero-order valence-electron chi connectivity index (χ0n) is 8.18. The van der Waals surface area contributed by atoms with Crippen molar-refractivity contribution < 1.29 is 4.92 Å². The molecule has 0 saturated heterocycles. The van der Waals surface area contributed by atoms with Crippen molar-refractivity contribution in [3.05, 3.63) is 40.6 Å². The van der Waals surface area contributed by atoms with Crippen LogP contribution in [0.15, 0.2) is 30.5 Å². The standard InChI is InChI=1S/C9H9N5O2/c10-9-8(5-11-13-9)12-6-1-3-7(4-2-6)14(15)16/h1-5,12H,(H3,10,11,13). The molecule has 0 atom stereocenters. The first kappa shape index (κ1) is 9.97. The van der Waals surface area contributed by atoms with Crippen molar-refractivity contribution in [1.82, 2.24) is 10.2 Å². The Morgan fingerprint density at radius 3 is 2.56 bits per heavy atom. The summed E-state index contributed by atoms with van der Waals surface area (Å²) < 4.78 is 0. The van der Waals surface area contributed by atoms with Crippen molar-refractivity contribution in [3.8, 4) is 0 Å². The maximum Gasteiger partial charge on any atom is 0.269 e. The van der Waals surface area contributed by atoms with Crippen molar-refractivity contribution in [3.63, 3.8) is 0 Å². The fraction of sp³-hybridized carbons (Fsp3) is 0. The Bertz CT molecular complexity index is 505. The van der Waals surface area contributed by atoms with Gasteiger partial charge in [0.15, 0.2) is 0 Å². The summed E-state index contributed by atoms with van der Waals surface area (Å²) >= 11 is 0. The predicted molar refractivity (Wildman–Crippen MR) is 59.4 cm³/mol. The molecule has 0 fully saturated rings. The van der Waals surface area contributed by atoms with Gasteiger partial charge in [-0.05, 0) is 12.1 Å². The lowest BCUT2D eigenvalue weighted by atomic mass is 10.3. The lowest BCUT2D eigenvalue weighted by Crippen LogP contribution is -1.94. The predicted octanol–water partition coefficient (Wildman–Crippen LogP) is 1.64. The molecule has 0 saturated carbocycles. The van der Waals surface area contributed by atoms with Gasteiger partial charge in [0.25, 0.3) is 5.69 Å². The van der Waals surface area contributed by atoms with E-state index in [-0.39, 0.29) is 5.69 Å². The maximum atomic E-state index is 10.4. The average Bonchev–Trinajstić information content (AvgIpc) is 2.65. The molecule has 0 aliphatic heterocycles. The van der Waals surface area contributed by atoms with E-state index in [1.807, 2.05) is 0 Å². The highest BCUT2D eigenvalue weighted by Gasteiger charge is 2.05. The van der Waals surface area contributed by atoms with Crippen LogP contribution in [0.3, 0.4) is 0 Å². The Hall–Kier alpha value is -2.57. The normalized spacial score (nSPS) is 10.0. The van der Waals surface area contributed by atoms with Crippen LogP contribution in [0.5, 0.6) is 0 Å². The summed E-state index contributed by atoms with van der Waals surface area (Å²) in [7, 11) is 0. The van der Waals surface area contributed by atoms with Crippen molar-refractivity contribution >= 4 is 22.9 Å². The number of non-ortho nitro benzene ring substituents is 1. The first-order valence-corrected chi connectivity index (χ1v) is 4.47. The number of H-pyrrole nitrogens is 1. The summed E-state index contributed by atoms with van der Waals surface area (Å²) in [5.41, 5.74) is 6.97. The molecular weight excluding hydrogens is 210 g/mol. The van der Waals surface area contributed by atoms with E-state index in [1.54, 1.807) is 12.1 Å². The van der Waals surface area contributed by atoms with Gasteiger partial charge >= 0.3 is 0 Å². The fourth-order valence-electron chi connectivity index (χ4n) is 1.22. The summed E-state index contributed by atoms with van der Waals surface area (Å²) in [5, 5.41) is 19.7. The van der Waals surface area contributed by atoms with Crippen molar-refractivity contribution in [2.75, 3.05) is 11.1 Å². The number of nitro groups is 1. The summed E-state index contributed by atoms with van der Waals surface area (Å²) in [6.07, 6.45) is 1.54. The van der Waals surface area contributed by atoms with E-state index in [9.17, 15) is 10.1 Å². The van der Waals surface area contributed by atoms with Gasteiger partial charge in [-0.3, -0.25) is 15.2 Å². The molecule has 0 aliphatic rings. The van der Waals surface area contributed by atoms with Gasteiger partial charge in [-0.1, -0.05) is 0 Å². The summed E-state index contributed by atoms with van der Waals surface area (Å²) in [5.74, 6) is 0.415. The topological polar surface area (TPSA) is 110 Å². The summed E-state index contributed by atoms with van der Waals surface area (Å²) in [4.78, 5) is 9.99. The lowest BCUT2D eigenvalue weighted by Gasteiger charge is -2.03. The van der Waals surface area contributed by atoms with E-state index in [0.717, 1.165) is 0 Å². The first-order valence-electron chi connectivity index (χ1n) is 4.47. The van der Waals surface area contributed by atoms with E-state index in [0.29, 0.717) is 17.2 Å². The number of nitrogen functional groups attached to an aromatic ring is 1. The van der Waals surface area contributed by atoms with E-state index < -0.39 is 4.92 Å². The molecule has 7 heteroatoms. The molecule has 7 nitrogen and oxygen atoms in total. The van der Waals surface area contributed by atoms with Crippen LogP contribution in [0.1, 0.15) is 0 Å². The molecule has 1 aromatic carbocycles. The molecular formula is C9H9N5O2. The number of aromatic amines is 1. The second-order valence-corrected chi connectivity index (χ2v) is 3.13. The Morgan fingerprint density at radius 2 is 2.06 bits per heavy atom. The number of nitrogens with zero attached hydrogens (tertiary/aromatic N) is 2. The molecule has 82 valence electrons. The second-order valence-electron chi connectivity index (χ2n) is 3.13. The van der Waals surface area contributed by atoms with Crippen LogP contribution in [0.25, 0.3) is 0 Å². The number of benzene rings is 1. The molecule has 0 amide bonds. The number of anilines is 3. The number of aromatic nitrogens is 2. The maximum absolute atomic E-state index is 10.4. The van der Waals surface area contributed by atoms with Gasteiger partial charge in [0.2, 0.25) is 0 Å². The number of nitrogens with one attached hydrogen (secondary N) is 2. The molecule has 2 rings (SSSR count). The SMILES string of the molecule is Nc1[nH]ncc1Nc1ccc([N+](=O)[O-])cc1. The minimum Gasteiger partial charge on any atom is -0.382 e. The van der Waals surface area contributed by atoms with E-state index in [4.69, 9.17) is 5.73 Å². The number of rotatable bonds is 3. The fourth-order valence-corrected chi connectivity index (χ4v) is 1.22. The number of nitrogens with two attached hydrogens (primary N) is 1. The highest BCUT2D eigenvalue weighted by Crippen LogP contribution is 2.22. The van der Waals surface area contributed by atoms with Crippen LogP contribution in [0.2, 0.25) is 0 Å². The van der Waals surface area contributed by atoms with Gasteiger partial charge in [0.05, 0.1) is 11.1 Å². The molecule has 1 aromatic heterocycles. The van der Waals surface area contributed by atoms with Gasteiger partial charge in [-0.25, -0.2) is 0 Å². The summed E-state index contributed by atoms with van der Waals surface area (Å²) in [6, 6.07) is 6.03. The van der Waals surface area contributed by atoms with Gasteiger partial charge in [0, 0.05) is 17.8 Å².